The number of anilines is 1. The van der Waals surface area contributed by atoms with Crippen molar-refractivity contribution in [3.63, 3.8) is 0 Å². The molecule has 0 unspecified atom stereocenters. The molecule has 5 nitrogen and oxygen atoms in total. The van der Waals surface area contributed by atoms with Crippen LogP contribution in [0, 0.1) is 13.8 Å². The van der Waals surface area contributed by atoms with E-state index in [-0.39, 0.29) is 11.6 Å². The van der Waals surface area contributed by atoms with Gasteiger partial charge in [-0.3, -0.25) is 9.59 Å². The summed E-state index contributed by atoms with van der Waals surface area (Å²) in [5.74, 6) is -0.192. The van der Waals surface area contributed by atoms with Crippen molar-refractivity contribution in [2.24, 2.45) is 0 Å². The maximum Gasteiger partial charge on any atom is 0.272 e. The minimum absolute atomic E-state index is 0.116. The van der Waals surface area contributed by atoms with Crippen LogP contribution in [-0.2, 0) is 4.79 Å². The summed E-state index contributed by atoms with van der Waals surface area (Å²) in [6.07, 6.45) is 1.61. The summed E-state index contributed by atoms with van der Waals surface area (Å²) in [6.45, 7) is 3.92. The first-order chi connectivity index (χ1) is 14.5. The number of methoxy groups -OCH3 is 1. The third-order valence-electron chi connectivity index (χ3n) is 4.55. The van der Waals surface area contributed by atoms with Crippen molar-refractivity contribution >= 4 is 23.6 Å². The quantitative estimate of drug-likeness (QED) is 0.588. The summed E-state index contributed by atoms with van der Waals surface area (Å²) in [6, 6.07) is 21.9. The SMILES string of the molecule is COc1ccccc1C=C(NC(=O)c1ccc(C)cc1)C(=O)Nc1ccc(C)cc1. The maximum atomic E-state index is 13.0. The van der Waals surface area contributed by atoms with Crippen LogP contribution in [0.3, 0.4) is 0 Å². The largest absolute Gasteiger partial charge is 0.496 e. The molecular formula is C25H24N2O3. The molecule has 0 aliphatic rings. The first-order valence-electron chi connectivity index (χ1n) is 9.57. The highest BCUT2D eigenvalue weighted by Crippen LogP contribution is 2.21. The monoisotopic (exact) mass is 400 g/mol. The number of ether oxygens (including phenoxy) is 1. The van der Waals surface area contributed by atoms with Gasteiger partial charge in [-0.1, -0.05) is 53.6 Å². The van der Waals surface area contributed by atoms with E-state index in [1.165, 1.54) is 0 Å². The second-order valence-electron chi connectivity index (χ2n) is 6.94. The summed E-state index contributed by atoms with van der Waals surface area (Å²) in [7, 11) is 1.56. The van der Waals surface area contributed by atoms with Crippen LogP contribution in [0.25, 0.3) is 6.08 Å². The third kappa shape index (κ3) is 5.35. The van der Waals surface area contributed by atoms with Crippen LogP contribution >= 0.6 is 0 Å². The molecule has 0 aliphatic carbocycles. The van der Waals surface area contributed by atoms with Gasteiger partial charge in [0.1, 0.15) is 11.4 Å². The number of para-hydroxylation sites is 1. The zero-order valence-corrected chi connectivity index (χ0v) is 17.2. The Morgan fingerprint density at radius 2 is 1.43 bits per heavy atom. The Labute approximate surface area is 176 Å². The molecule has 0 aliphatic heterocycles. The van der Waals surface area contributed by atoms with Crippen LogP contribution in [-0.4, -0.2) is 18.9 Å². The molecule has 0 bridgehead atoms. The number of amides is 2. The molecule has 3 aromatic rings. The van der Waals surface area contributed by atoms with Gasteiger partial charge in [0.25, 0.3) is 11.8 Å². The van der Waals surface area contributed by atoms with Gasteiger partial charge in [-0.15, -0.1) is 0 Å². The van der Waals surface area contributed by atoms with Crippen LogP contribution in [0.4, 0.5) is 5.69 Å². The second kappa shape index (κ2) is 9.56. The molecule has 0 aromatic heterocycles. The molecule has 5 heteroatoms. The van der Waals surface area contributed by atoms with E-state index in [1.807, 2.05) is 68.4 Å². The number of carbonyl (C=O) groups is 2. The van der Waals surface area contributed by atoms with Gasteiger partial charge in [0.2, 0.25) is 0 Å². The fourth-order valence-corrected chi connectivity index (χ4v) is 2.83. The molecule has 3 aromatic carbocycles. The molecule has 2 amide bonds. The predicted molar refractivity (Wildman–Crippen MR) is 119 cm³/mol. The third-order valence-corrected chi connectivity index (χ3v) is 4.55. The Morgan fingerprint density at radius 1 is 0.833 bits per heavy atom. The number of rotatable bonds is 6. The smallest absolute Gasteiger partial charge is 0.272 e. The average Bonchev–Trinajstić information content (AvgIpc) is 2.75. The van der Waals surface area contributed by atoms with Crippen LogP contribution in [0.1, 0.15) is 27.0 Å². The number of nitrogens with one attached hydrogen (secondary N) is 2. The Hall–Kier alpha value is -3.86. The number of hydrogen-bond acceptors (Lipinski definition) is 3. The van der Waals surface area contributed by atoms with E-state index in [0.717, 1.165) is 11.1 Å². The van der Waals surface area contributed by atoms with Crippen molar-refractivity contribution in [1.29, 1.82) is 0 Å². The second-order valence-corrected chi connectivity index (χ2v) is 6.94. The van der Waals surface area contributed by atoms with E-state index in [1.54, 1.807) is 31.4 Å². The van der Waals surface area contributed by atoms with Crippen molar-refractivity contribution in [1.82, 2.24) is 5.32 Å². The van der Waals surface area contributed by atoms with Gasteiger partial charge in [0, 0.05) is 16.8 Å². The van der Waals surface area contributed by atoms with E-state index in [4.69, 9.17) is 4.74 Å². The molecule has 0 radical (unpaired) electrons. The fourth-order valence-electron chi connectivity index (χ4n) is 2.83. The molecule has 0 fully saturated rings. The van der Waals surface area contributed by atoms with Crippen molar-refractivity contribution in [2.75, 3.05) is 12.4 Å². The zero-order valence-electron chi connectivity index (χ0n) is 17.2. The normalized spacial score (nSPS) is 11.0. The minimum atomic E-state index is -0.426. The summed E-state index contributed by atoms with van der Waals surface area (Å²) in [4.78, 5) is 25.7. The first-order valence-corrected chi connectivity index (χ1v) is 9.57. The van der Waals surface area contributed by atoms with E-state index in [9.17, 15) is 9.59 Å². The van der Waals surface area contributed by atoms with E-state index in [0.29, 0.717) is 22.6 Å². The highest BCUT2D eigenvalue weighted by Gasteiger charge is 2.16. The standard InChI is InChI=1S/C25H24N2O3/c1-17-8-12-19(13-9-17)24(28)27-22(16-20-6-4-5-7-23(20)30-3)25(29)26-21-14-10-18(2)11-15-21/h4-16H,1-3H3,(H,26,29)(H,27,28). The van der Waals surface area contributed by atoms with E-state index < -0.39 is 5.91 Å². The van der Waals surface area contributed by atoms with Gasteiger partial charge in [0.05, 0.1) is 7.11 Å². The lowest BCUT2D eigenvalue weighted by Crippen LogP contribution is -2.30. The lowest BCUT2D eigenvalue weighted by Gasteiger charge is -2.13. The Balaban J connectivity index is 1.91. The highest BCUT2D eigenvalue weighted by atomic mass is 16.5. The van der Waals surface area contributed by atoms with Crippen molar-refractivity contribution in [3.05, 3.63) is 101 Å². The van der Waals surface area contributed by atoms with Gasteiger partial charge < -0.3 is 15.4 Å². The van der Waals surface area contributed by atoms with E-state index >= 15 is 0 Å². The molecular weight excluding hydrogens is 376 g/mol. The van der Waals surface area contributed by atoms with Gasteiger partial charge in [0.15, 0.2) is 0 Å². The van der Waals surface area contributed by atoms with Crippen molar-refractivity contribution in [2.45, 2.75) is 13.8 Å². The van der Waals surface area contributed by atoms with Crippen LogP contribution in [0.2, 0.25) is 0 Å². The van der Waals surface area contributed by atoms with Gasteiger partial charge in [-0.25, -0.2) is 0 Å². The maximum absolute atomic E-state index is 13.0. The average molecular weight is 400 g/mol. The number of benzene rings is 3. The minimum Gasteiger partial charge on any atom is -0.496 e. The molecule has 0 spiro atoms. The van der Waals surface area contributed by atoms with Crippen LogP contribution in [0.15, 0.2) is 78.5 Å². The van der Waals surface area contributed by atoms with Crippen molar-refractivity contribution in [3.8, 4) is 5.75 Å². The van der Waals surface area contributed by atoms with Gasteiger partial charge in [-0.2, -0.15) is 0 Å². The molecule has 0 heterocycles. The lowest BCUT2D eigenvalue weighted by atomic mass is 10.1. The predicted octanol–water partition coefficient (Wildman–Crippen LogP) is 4.72. The zero-order chi connectivity index (χ0) is 21.5. The number of hydrogen-bond donors (Lipinski definition) is 2. The van der Waals surface area contributed by atoms with Crippen molar-refractivity contribution < 1.29 is 14.3 Å². The van der Waals surface area contributed by atoms with Crippen LogP contribution in [0.5, 0.6) is 5.75 Å². The first kappa shape index (κ1) is 20.9. The molecule has 3 rings (SSSR count). The molecule has 0 saturated carbocycles. The topological polar surface area (TPSA) is 67.4 Å². The molecule has 152 valence electrons. The van der Waals surface area contributed by atoms with Gasteiger partial charge in [-0.05, 0) is 50.3 Å². The number of aryl methyl sites for hydroxylation is 2. The van der Waals surface area contributed by atoms with E-state index in [2.05, 4.69) is 10.6 Å². The Morgan fingerprint density at radius 3 is 2.07 bits per heavy atom. The molecule has 0 saturated heterocycles. The Kier molecular flexibility index (Phi) is 6.65. The molecule has 30 heavy (non-hydrogen) atoms. The fraction of sp³-hybridized carbons (Fsp3) is 0.120. The summed E-state index contributed by atoms with van der Waals surface area (Å²) in [5.41, 5.74) is 4.04. The van der Waals surface area contributed by atoms with Gasteiger partial charge >= 0.3 is 0 Å². The summed E-state index contributed by atoms with van der Waals surface area (Å²) < 4.78 is 5.37. The molecule has 0 atom stereocenters. The lowest BCUT2D eigenvalue weighted by molar-refractivity contribution is -0.113. The van der Waals surface area contributed by atoms with Crippen LogP contribution < -0.4 is 15.4 Å². The summed E-state index contributed by atoms with van der Waals surface area (Å²) >= 11 is 0. The molecule has 2 N–H and O–H groups in total. The highest BCUT2D eigenvalue weighted by molar-refractivity contribution is 6.10. The number of carbonyl (C=O) groups excluding carboxylic acids is 2. The summed E-state index contributed by atoms with van der Waals surface area (Å²) in [5, 5.41) is 5.57. The Bertz CT molecular complexity index is 1070.